The highest BCUT2D eigenvalue weighted by Crippen LogP contribution is 2.21. The van der Waals surface area contributed by atoms with Crippen LogP contribution in [0.5, 0.6) is 0 Å². The predicted octanol–water partition coefficient (Wildman–Crippen LogP) is 3.40. The average Bonchev–Trinajstić information content (AvgIpc) is 3.10. The second-order valence-corrected chi connectivity index (χ2v) is 5.20. The number of rotatable bonds is 4. The van der Waals surface area contributed by atoms with Gasteiger partial charge in [-0.15, -0.1) is 0 Å². The third kappa shape index (κ3) is 2.76. The van der Waals surface area contributed by atoms with Gasteiger partial charge in [-0.1, -0.05) is 60.7 Å². The zero-order valence-electron chi connectivity index (χ0n) is 12.4. The van der Waals surface area contributed by atoms with E-state index in [-0.39, 0.29) is 0 Å². The summed E-state index contributed by atoms with van der Waals surface area (Å²) < 4.78 is 1.72. The van der Waals surface area contributed by atoms with E-state index < -0.39 is 0 Å². The summed E-state index contributed by atoms with van der Waals surface area (Å²) in [6, 6.07) is 22.3. The summed E-state index contributed by atoms with van der Waals surface area (Å²) in [5, 5.41) is 7.67. The number of nitrogens with one attached hydrogen (secondary N) is 1. The minimum atomic E-state index is 0.585. The van der Waals surface area contributed by atoms with Crippen molar-refractivity contribution in [1.29, 1.82) is 0 Å². The second-order valence-electron chi connectivity index (χ2n) is 5.20. The Morgan fingerprint density at radius 1 is 0.913 bits per heavy atom. The Hall–Kier alpha value is -3.21. The largest absolute Gasteiger partial charge is 0.366 e. The Labute approximate surface area is 133 Å². The SMILES string of the molecule is c1ccc(CNc2cc(-c3ccccc3)nc3ncnn23)cc1. The molecule has 0 spiro atoms. The van der Waals surface area contributed by atoms with Crippen LogP contribution in [0.25, 0.3) is 17.0 Å². The summed E-state index contributed by atoms with van der Waals surface area (Å²) >= 11 is 0. The summed E-state index contributed by atoms with van der Waals surface area (Å²) in [5.41, 5.74) is 3.14. The maximum atomic E-state index is 4.57. The molecule has 0 saturated heterocycles. The molecule has 2 aromatic carbocycles. The third-order valence-corrected chi connectivity index (χ3v) is 3.64. The summed E-state index contributed by atoms with van der Waals surface area (Å²) in [6.07, 6.45) is 1.52. The van der Waals surface area contributed by atoms with Crippen molar-refractivity contribution in [3.05, 3.63) is 78.6 Å². The molecule has 0 unspecified atom stereocenters. The molecule has 0 atom stereocenters. The fourth-order valence-electron chi connectivity index (χ4n) is 2.48. The van der Waals surface area contributed by atoms with Crippen molar-refractivity contribution in [3.8, 4) is 11.3 Å². The van der Waals surface area contributed by atoms with Gasteiger partial charge in [-0.2, -0.15) is 14.6 Å². The van der Waals surface area contributed by atoms with Crippen LogP contribution in [0.4, 0.5) is 5.82 Å². The minimum absolute atomic E-state index is 0.585. The molecule has 5 nitrogen and oxygen atoms in total. The van der Waals surface area contributed by atoms with Crippen molar-refractivity contribution < 1.29 is 0 Å². The van der Waals surface area contributed by atoms with E-state index in [1.54, 1.807) is 4.52 Å². The highest BCUT2D eigenvalue weighted by molar-refractivity contribution is 5.65. The molecule has 5 heteroatoms. The second kappa shape index (κ2) is 5.88. The first kappa shape index (κ1) is 13.5. The maximum absolute atomic E-state index is 4.57. The van der Waals surface area contributed by atoms with E-state index in [0.29, 0.717) is 12.3 Å². The highest BCUT2D eigenvalue weighted by Gasteiger charge is 2.08. The molecule has 0 aliphatic carbocycles. The molecular formula is C18H15N5. The van der Waals surface area contributed by atoms with Gasteiger partial charge in [0.15, 0.2) is 0 Å². The summed E-state index contributed by atoms with van der Waals surface area (Å²) in [7, 11) is 0. The number of hydrogen-bond donors (Lipinski definition) is 1. The first-order chi connectivity index (χ1) is 11.4. The molecule has 4 rings (SSSR count). The predicted molar refractivity (Wildman–Crippen MR) is 90.0 cm³/mol. The molecule has 0 aliphatic heterocycles. The Morgan fingerprint density at radius 3 is 2.43 bits per heavy atom. The van der Waals surface area contributed by atoms with Crippen LogP contribution in [-0.2, 0) is 6.54 Å². The maximum Gasteiger partial charge on any atom is 0.254 e. The molecular weight excluding hydrogens is 286 g/mol. The van der Waals surface area contributed by atoms with Crippen LogP contribution in [0.1, 0.15) is 5.56 Å². The van der Waals surface area contributed by atoms with Crippen molar-refractivity contribution in [2.24, 2.45) is 0 Å². The normalized spacial score (nSPS) is 10.8. The van der Waals surface area contributed by atoms with Crippen LogP contribution >= 0.6 is 0 Å². The molecule has 0 amide bonds. The molecule has 0 radical (unpaired) electrons. The molecule has 0 saturated carbocycles. The first-order valence-electron chi connectivity index (χ1n) is 7.44. The van der Waals surface area contributed by atoms with Crippen LogP contribution in [-0.4, -0.2) is 19.6 Å². The van der Waals surface area contributed by atoms with Crippen molar-refractivity contribution in [3.63, 3.8) is 0 Å². The van der Waals surface area contributed by atoms with Gasteiger partial charge in [0.1, 0.15) is 12.1 Å². The smallest absolute Gasteiger partial charge is 0.254 e. The van der Waals surface area contributed by atoms with Crippen LogP contribution in [0.3, 0.4) is 0 Å². The standard InChI is InChI=1S/C18H15N5/c1-3-7-14(8-4-1)12-19-17-11-16(15-9-5-2-6-10-15)22-18-20-13-21-23(17)18/h1-11,13,19H,12H2. The lowest BCUT2D eigenvalue weighted by molar-refractivity contribution is 0.926. The molecule has 0 bridgehead atoms. The van der Waals surface area contributed by atoms with Gasteiger partial charge in [0.05, 0.1) is 5.69 Å². The molecule has 1 N–H and O–H groups in total. The number of fused-ring (bicyclic) bond motifs is 1. The third-order valence-electron chi connectivity index (χ3n) is 3.64. The average molecular weight is 301 g/mol. The van der Waals surface area contributed by atoms with Gasteiger partial charge in [0, 0.05) is 18.2 Å². The summed E-state index contributed by atoms with van der Waals surface area (Å²) in [5.74, 6) is 1.46. The van der Waals surface area contributed by atoms with Gasteiger partial charge in [-0.05, 0) is 5.56 Å². The monoisotopic (exact) mass is 301 g/mol. The first-order valence-corrected chi connectivity index (χ1v) is 7.44. The zero-order chi connectivity index (χ0) is 15.5. The molecule has 0 fully saturated rings. The van der Waals surface area contributed by atoms with E-state index in [1.807, 2.05) is 54.6 Å². The van der Waals surface area contributed by atoms with E-state index in [0.717, 1.165) is 17.1 Å². The molecule has 0 aliphatic rings. The zero-order valence-corrected chi connectivity index (χ0v) is 12.4. The van der Waals surface area contributed by atoms with E-state index >= 15 is 0 Å². The van der Waals surface area contributed by atoms with Gasteiger partial charge in [-0.3, -0.25) is 0 Å². The Kier molecular flexibility index (Phi) is 3.44. The molecule has 2 heterocycles. The van der Waals surface area contributed by atoms with Crippen molar-refractivity contribution in [2.75, 3.05) is 5.32 Å². The fraction of sp³-hybridized carbons (Fsp3) is 0.0556. The van der Waals surface area contributed by atoms with Crippen LogP contribution in [0, 0.1) is 0 Å². The van der Waals surface area contributed by atoms with Gasteiger partial charge >= 0.3 is 0 Å². The highest BCUT2D eigenvalue weighted by atomic mass is 15.3. The van der Waals surface area contributed by atoms with Gasteiger partial charge in [-0.25, -0.2) is 4.98 Å². The minimum Gasteiger partial charge on any atom is -0.366 e. The van der Waals surface area contributed by atoms with E-state index in [2.05, 4.69) is 32.5 Å². The van der Waals surface area contributed by atoms with E-state index in [9.17, 15) is 0 Å². The lowest BCUT2D eigenvalue weighted by Gasteiger charge is -2.10. The molecule has 2 aromatic heterocycles. The molecule has 23 heavy (non-hydrogen) atoms. The Bertz CT molecular complexity index is 916. The topological polar surface area (TPSA) is 55.1 Å². The van der Waals surface area contributed by atoms with Gasteiger partial charge in [0.2, 0.25) is 0 Å². The molecule has 112 valence electrons. The fourth-order valence-corrected chi connectivity index (χ4v) is 2.48. The van der Waals surface area contributed by atoms with Crippen molar-refractivity contribution >= 4 is 11.6 Å². The van der Waals surface area contributed by atoms with Crippen LogP contribution in [0.2, 0.25) is 0 Å². The number of hydrogen-bond acceptors (Lipinski definition) is 4. The van der Waals surface area contributed by atoms with Gasteiger partial charge in [0.25, 0.3) is 5.78 Å². The molecule has 4 aromatic rings. The van der Waals surface area contributed by atoms with Gasteiger partial charge < -0.3 is 5.32 Å². The Balaban J connectivity index is 1.71. The number of anilines is 1. The summed E-state index contributed by atoms with van der Waals surface area (Å²) in [6.45, 7) is 0.716. The number of nitrogens with zero attached hydrogens (tertiary/aromatic N) is 4. The Morgan fingerprint density at radius 2 is 1.65 bits per heavy atom. The lowest BCUT2D eigenvalue weighted by Crippen LogP contribution is -2.06. The van der Waals surface area contributed by atoms with E-state index in [4.69, 9.17) is 0 Å². The summed E-state index contributed by atoms with van der Waals surface area (Å²) in [4.78, 5) is 8.79. The van der Waals surface area contributed by atoms with Crippen LogP contribution in [0.15, 0.2) is 73.1 Å². The number of aromatic nitrogens is 4. The van der Waals surface area contributed by atoms with Crippen molar-refractivity contribution in [2.45, 2.75) is 6.54 Å². The van der Waals surface area contributed by atoms with Crippen molar-refractivity contribution in [1.82, 2.24) is 19.6 Å². The quantitative estimate of drug-likeness (QED) is 0.627. The van der Waals surface area contributed by atoms with Crippen LogP contribution < -0.4 is 5.32 Å². The van der Waals surface area contributed by atoms with E-state index in [1.165, 1.54) is 11.9 Å². The number of benzene rings is 2. The lowest BCUT2D eigenvalue weighted by atomic mass is 10.1.